The average Bonchev–Trinajstić information content (AvgIpc) is 2.23. The van der Waals surface area contributed by atoms with Crippen LogP contribution in [0.3, 0.4) is 0 Å². The molecule has 0 fully saturated rings. The van der Waals surface area contributed by atoms with Gasteiger partial charge in [-0.05, 0) is 24.9 Å². The van der Waals surface area contributed by atoms with Gasteiger partial charge in [-0.15, -0.1) is 0 Å². The summed E-state index contributed by atoms with van der Waals surface area (Å²) in [4.78, 5) is 22.7. The number of aliphatic carboxylic acids is 1. The van der Waals surface area contributed by atoms with E-state index in [1.165, 1.54) is 0 Å². The number of carbonyl (C=O) groups is 2. The Bertz CT molecular complexity index is 254. The molecule has 0 saturated carbocycles. The van der Waals surface area contributed by atoms with Crippen molar-refractivity contribution in [2.24, 2.45) is 5.41 Å². The van der Waals surface area contributed by atoms with Gasteiger partial charge in [0.15, 0.2) is 0 Å². The smallest absolute Gasteiger partial charge is 0.326 e. The third kappa shape index (κ3) is 4.88. The number of thioether (sulfide) groups is 1. The third-order valence-electron chi connectivity index (χ3n) is 2.71. The largest absolute Gasteiger partial charge is 0.480 e. The summed E-state index contributed by atoms with van der Waals surface area (Å²) in [5, 5.41) is 11.6. The van der Waals surface area contributed by atoms with Crippen LogP contribution in [0.5, 0.6) is 0 Å². The van der Waals surface area contributed by atoms with Crippen molar-refractivity contribution in [2.75, 3.05) is 12.0 Å². The summed E-state index contributed by atoms with van der Waals surface area (Å²) in [5.74, 6) is -0.429. The van der Waals surface area contributed by atoms with Gasteiger partial charge in [0.25, 0.3) is 0 Å². The van der Waals surface area contributed by atoms with Crippen LogP contribution in [0.1, 0.15) is 33.6 Å². The molecule has 1 atom stereocenters. The molecule has 4 nitrogen and oxygen atoms in total. The minimum atomic E-state index is -0.964. The summed E-state index contributed by atoms with van der Waals surface area (Å²) in [6.45, 7) is 5.54. The van der Waals surface area contributed by atoms with E-state index in [0.29, 0.717) is 12.8 Å². The van der Waals surface area contributed by atoms with Crippen LogP contribution in [0.25, 0.3) is 0 Å². The molecule has 2 N–H and O–H groups in total. The van der Waals surface area contributed by atoms with Crippen molar-refractivity contribution in [3.63, 3.8) is 0 Å². The Balaban J connectivity index is 4.40. The summed E-state index contributed by atoms with van der Waals surface area (Å²) in [6.07, 6.45) is 3.06. The SMILES string of the molecule is CCC(C)(C)C(=O)NC(CCSC)C(=O)O. The molecule has 0 spiro atoms. The summed E-state index contributed by atoms with van der Waals surface area (Å²) in [7, 11) is 0. The van der Waals surface area contributed by atoms with Crippen LogP contribution in [0, 0.1) is 5.41 Å². The topological polar surface area (TPSA) is 66.4 Å². The van der Waals surface area contributed by atoms with E-state index in [-0.39, 0.29) is 5.91 Å². The molecule has 16 heavy (non-hydrogen) atoms. The summed E-state index contributed by atoms with van der Waals surface area (Å²) in [5.41, 5.74) is -0.507. The van der Waals surface area contributed by atoms with Gasteiger partial charge >= 0.3 is 5.97 Å². The zero-order valence-corrected chi connectivity index (χ0v) is 11.2. The lowest BCUT2D eigenvalue weighted by Crippen LogP contribution is -2.46. The first-order chi connectivity index (χ1) is 7.35. The second-order valence-corrected chi connectivity index (χ2v) is 5.37. The van der Waals surface area contributed by atoms with Gasteiger partial charge in [0.2, 0.25) is 5.91 Å². The number of carboxylic acids is 1. The van der Waals surface area contributed by atoms with Crippen LogP contribution >= 0.6 is 11.8 Å². The predicted molar refractivity (Wildman–Crippen MR) is 66.6 cm³/mol. The van der Waals surface area contributed by atoms with Gasteiger partial charge in [-0.25, -0.2) is 4.79 Å². The lowest BCUT2D eigenvalue weighted by atomic mass is 9.89. The molecule has 0 aromatic heterocycles. The average molecular weight is 247 g/mol. The number of nitrogens with one attached hydrogen (secondary N) is 1. The molecule has 94 valence electrons. The Morgan fingerprint density at radius 2 is 2.00 bits per heavy atom. The first kappa shape index (κ1) is 15.3. The predicted octanol–water partition coefficient (Wildman–Crippen LogP) is 1.75. The Morgan fingerprint density at radius 3 is 2.38 bits per heavy atom. The molecular formula is C11H21NO3S. The molecule has 0 aliphatic rings. The fourth-order valence-corrected chi connectivity index (χ4v) is 1.48. The Hall–Kier alpha value is -0.710. The third-order valence-corrected chi connectivity index (χ3v) is 3.36. The van der Waals surface area contributed by atoms with Crippen LogP contribution in [-0.2, 0) is 9.59 Å². The zero-order chi connectivity index (χ0) is 12.8. The normalized spacial score (nSPS) is 13.2. The van der Waals surface area contributed by atoms with Crippen molar-refractivity contribution in [3.8, 4) is 0 Å². The first-order valence-corrected chi connectivity index (χ1v) is 6.77. The van der Waals surface area contributed by atoms with Gasteiger partial charge in [0.05, 0.1) is 0 Å². The summed E-state index contributed by atoms with van der Waals surface area (Å²) >= 11 is 1.57. The molecule has 0 saturated heterocycles. The van der Waals surface area contributed by atoms with Crippen molar-refractivity contribution in [3.05, 3.63) is 0 Å². The summed E-state index contributed by atoms with van der Waals surface area (Å²) in [6, 6.07) is -0.772. The van der Waals surface area contributed by atoms with Crippen molar-refractivity contribution >= 4 is 23.6 Å². The van der Waals surface area contributed by atoms with Crippen LogP contribution in [0.4, 0.5) is 0 Å². The fraction of sp³-hybridized carbons (Fsp3) is 0.818. The second-order valence-electron chi connectivity index (χ2n) is 4.38. The van der Waals surface area contributed by atoms with Gasteiger partial charge in [0, 0.05) is 5.41 Å². The standard InChI is InChI=1S/C11H21NO3S/c1-5-11(2,3)10(15)12-8(9(13)14)6-7-16-4/h8H,5-7H2,1-4H3,(H,12,15)(H,13,14). The first-order valence-electron chi connectivity index (χ1n) is 5.38. The highest BCUT2D eigenvalue weighted by atomic mass is 32.2. The quantitative estimate of drug-likeness (QED) is 0.719. The molecule has 0 aliphatic heterocycles. The minimum absolute atomic E-state index is 0.191. The monoisotopic (exact) mass is 247 g/mol. The van der Waals surface area contributed by atoms with E-state index < -0.39 is 17.4 Å². The molecule has 0 aliphatic carbocycles. The number of hydrogen-bond acceptors (Lipinski definition) is 3. The number of rotatable bonds is 7. The molecule has 1 unspecified atom stereocenters. The second kappa shape index (κ2) is 6.78. The van der Waals surface area contributed by atoms with Gasteiger partial charge < -0.3 is 10.4 Å². The van der Waals surface area contributed by atoms with Crippen molar-refractivity contribution < 1.29 is 14.7 Å². The lowest BCUT2D eigenvalue weighted by Gasteiger charge is -2.24. The molecule has 0 bridgehead atoms. The molecular weight excluding hydrogens is 226 g/mol. The highest BCUT2D eigenvalue weighted by Gasteiger charge is 2.29. The maximum atomic E-state index is 11.8. The van der Waals surface area contributed by atoms with Crippen LogP contribution < -0.4 is 5.32 Å². The van der Waals surface area contributed by atoms with Gasteiger partial charge in [0.1, 0.15) is 6.04 Å². The van der Waals surface area contributed by atoms with Crippen LogP contribution in [0.15, 0.2) is 0 Å². The van der Waals surface area contributed by atoms with Crippen molar-refractivity contribution in [2.45, 2.75) is 39.7 Å². The molecule has 0 rings (SSSR count). The van der Waals surface area contributed by atoms with E-state index >= 15 is 0 Å². The number of amides is 1. The highest BCUT2D eigenvalue weighted by Crippen LogP contribution is 2.20. The van der Waals surface area contributed by atoms with Gasteiger partial charge in [-0.1, -0.05) is 20.8 Å². The van der Waals surface area contributed by atoms with E-state index in [2.05, 4.69) is 5.32 Å². The van der Waals surface area contributed by atoms with E-state index in [9.17, 15) is 9.59 Å². The van der Waals surface area contributed by atoms with Crippen molar-refractivity contribution in [1.82, 2.24) is 5.32 Å². The Morgan fingerprint density at radius 1 is 1.44 bits per heavy atom. The number of hydrogen-bond donors (Lipinski definition) is 2. The molecule has 0 aromatic rings. The Kier molecular flexibility index (Phi) is 6.48. The van der Waals surface area contributed by atoms with E-state index in [1.54, 1.807) is 11.8 Å². The zero-order valence-electron chi connectivity index (χ0n) is 10.4. The molecule has 1 amide bonds. The van der Waals surface area contributed by atoms with E-state index in [0.717, 1.165) is 5.75 Å². The molecule has 0 aromatic carbocycles. The maximum absolute atomic E-state index is 11.8. The summed E-state index contributed by atoms with van der Waals surface area (Å²) < 4.78 is 0. The highest BCUT2D eigenvalue weighted by molar-refractivity contribution is 7.98. The number of carbonyl (C=O) groups excluding carboxylic acids is 1. The lowest BCUT2D eigenvalue weighted by molar-refractivity contribution is -0.143. The van der Waals surface area contributed by atoms with E-state index in [1.807, 2.05) is 27.0 Å². The fourth-order valence-electron chi connectivity index (χ4n) is 1.01. The van der Waals surface area contributed by atoms with Crippen LogP contribution in [0.2, 0.25) is 0 Å². The van der Waals surface area contributed by atoms with Gasteiger partial charge in [-0.2, -0.15) is 11.8 Å². The maximum Gasteiger partial charge on any atom is 0.326 e. The van der Waals surface area contributed by atoms with Gasteiger partial charge in [-0.3, -0.25) is 4.79 Å². The molecule has 0 radical (unpaired) electrons. The van der Waals surface area contributed by atoms with Crippen LogP contribution in [-0.4, -0.2) is 35.0 Å². The Labute approximate surface area is 101 Å². The van der Waals surface area contributed by atoms with E-state index in [4.69, 9.17) is 5.11 Å². The molecule has 5 heteroatoms. The molecule has 0 heterocycles. The van der Waals surface area contributed by atoms with Crippen molar-refractivity contribution in [1.29, 1.82) is 0 Å². The number of carboxylic acid groups (broad SMARTS) is 1. The minimum Gasteiger partial charge on any atom is -0.480 e.